The molecule has 0 aromatic carbocycles. The molecule has 2 aliphatic heterocycles. The Kier molecular flexibility index (Phi) is 22.2. The molecule has 6 atom stereocenters. The second kappa shape index (κ2) is 24.8. The van der Waals surface area contributed by atoms with E-state index in [0.717, 1.165) is 87.7 Å². The predicted molar refractivity (Wildman–Crippen MR) is 207 cm³/mol. The van der Waals surface area contributed by atoms with Gasteiger partial charge in [-0.05, 0) is 65.2 Å². The molecule has 2 N–H and O–H groups in total. The topological polar surface area (TPSA) is 213 Å². The van der Waals surface area contributed by atoms with Crippen molar-refractivity contribution < 1.29 is 48.6 Å². The molecule has 0 aromatic heterocycles. The van der Waals surface area contributed by atoms with Crippen LogP contribution in [0.3, 0.4) is 0 Å². The first-order valence-corrected chi connectivity index (χ1v) is 21.6. The number of rotatable bonds is 14. The quantitative estimate of drug-likeness (QED) is 0.235. The number of hydrogen-bond donors (Lipinski definition) is 2. The predicted octanol–water partition coefficient (Wildman–Crippen LogP) is 1.04. The Bertz CT molecular complexity index is 1260. The van der Waals surface area contributed by atoms with Gasteiger partial charge in [-0.15, -0.1) is 0 Å². The first-order chi connectivity index (χ1) is 25.6. The van der Waals surface area contributed by atoms with E-state index in [1.165, 1.54) is 9.80 Å². The van der Waals surface area contributed by atoms with Gasteiger partial charge in [-0.25, -0.2) is 0 Å². The Hall–Kier alpha value is -1.88. The minimum absolute atomic E-state index is 0. The number of thioether (sulfide) groups is 2. The van der Waals surface area contributed by atoms with Crippen molar-refractivity contribution in [2.75, 3.05) is 24.6 Å². The second-order valence-corrected chi connectivity index (χ2v) is 17.3. The van der Waals surface area contributed by atoms with E-state index < -0.39 is 47.9 Å². The van der Waals surface area contributed by atoms with Crippen LogP contribution in [0, 0.1) is 23.7 Å². The maximum atomic E-state index is 12.5. The zero-order chi connectivity index (χ0) is 39.9. The number of carboxylic acid groups (broad SMARTS) is 2. The van der Waals surface area contributed by atoms with Gasteiger partial charge in [-0.3, -0.25) is 28.8 Å². The molecular formula is C38H58CaN4O10S2. The first-order valence-electron chi connectivity index (χ1n) is 19.6. The summed E-state index contributed by atoms with van der Waals surface area (Å²) < 4.78 is 0. The minimum Gasteiger partial charge on any atom is -0.548 e. The molecule has 2 saturated heterocycles. The Morgan fingerprint density at radius 2 is 0.873 bits per heavy atom. The van der Waals surface area contributed by atoms with Gasteiger partial charge in [0.25, 0.3) is 0 Å². The van der Waals surface area contributed by atoms with Crippen molar-refractivity contribution in [2.45, 2.75) is 142 Å². The maximum Gasteiger partial charge on any atom is 2.00 e. The minimum atomic E-state index is -1.23. The fraction of sp³-hybridized carbons (Fsp3) is 0.789. The average molecular weight is 835 g/mol. The molecule has 2 heterocycles. The summed E-state index contributed by atoms with van der Waals surface area (Å²) in [7, 11) is 0. The molecule has 0 spiro atoms. The number of hydrogen-bond acceptors (Lipinski definition) is 12. The fourth-order valence-corrected chi connectivity index (χ4v) is 9.17. The Morgan fingerprint density at radius 1 is 0.545 bits per heavy atom. The molecule has 4 rings (SSSR count). The van der Waals surface area contributed by atoms with E-state index in [4.69, 9.17) is 0 Å². The number of likely N-dealkylation sites (tertiary alicyclic amines) is 2. The molecule has 0 radical (unpaired) electrons. The smallest absolute Gasteiger partial charge is 0.548 e. The third-order valence-electron chi connectivity index (χ3n) is 10.8. The van der Waals surface area contributed by atoms with Crippen molar-refractivity contribution in [2.24, 2.45) is 23.7 Å². The molecule has 0 unspecified atom stereocenters. The molecule has 304 valence electrons. The van der Waals surface area contributed by atoms with Gasteiger partial charge < -0.3 is 40.2 Å². The van der Waals surface area contributed by atoms with Crippen molar-refractivity contribution in [1.29, 1.82) is 0 Å². The number of carbonyl (C=O) groups is 8. The van der Waals surface area contributed by atoms with Gasteiger partial charge in [0.1, 0.15) is 0 Å². The van der Waals surface area contributed by atoms with Crippen LogP contribution < -0.4 is 20.8 Å². The van der Waals surface area contributed by atoms with E-state index in [9.17, 15) is 48.6 Å². The van der Waals surface area contributed by atoms with Gasteiger partial charge in [0.15, 0.2) is 0 Å². The normalized spacial score (nSPS) is 22.5. The van der Waals surface area contributed by atoms with Crippen LogP contribution >= 0.6 is 23.5 Å². The third kappa shape index (κ3) is 15.4. The molecule has 4 amide bonds. The summed E-state index contributed by atoms with van der Waals surface area (Å²) in [5.74, 6) is -3.53. The van der Waals surface area contributed by atoms with E-state index in [0.29, 0.717) is 38.8 Å². The number of nitrogens with zero attached hydrogens (tertiary/aromatic N) is 2. The van der Waals surface area contributed by atoms with Gasteiger partial charge in [0, 0.05) is 48.3 Å². The summed E-state index contributed by atoms with van der Waals surface area (Å²) in [4.78, 5) is 99.0. The molecule has 17 heteroatoms. The van der Waals surface area contributed by atoms with Gasteiger partial charge in [0.05, 0.1) is 36.1 Å². The van der Waals surface area contributed by atoms with E-state index in [1.807, 2.05) is 0 Å². The van der Waals surface area contributed by atoms with Gasteiger partial charge in [0.2, 0.25) is 33.9 Å². The standard InChI is InChI=1S/2C19H30N2O5S.Ca/c2*1-12(17(23)21-10-6-9-15(21)18(24)25)11-27-19(26)13(2)20-16(22)14-7-4-3-5-8-14;/h2*12-15H,3-11H2,1-2H3,(H,20,22)(H,24,25);/q;;+2/p-2/t2*12-,13-,15+;/m11./s1. The summed E-state index contributed by atoms with van der Waals surface area (Å²) in [6, 6.07) is -2.94. The Morgan fingerprint density at radius 3 is 1.18 bits per heavy atom. The van der Waals surface area contributed by atoms with Crippen LogP contribution in [0.5, 0.6) is 0 Å². The van der Waals surface area contributed by atoms with Crippen LogP contribution in [0.4, 0.5) is 0 Å². The summed E-state index contributed by atoms with van der Waals surface area (Å²) >= 11 is 2.03. The first kappa shape index (κ1) is 49.3. The molecule has 4 fully saturated rings. The SMILES string of the molecule is C[C@H](CSC(=O)[C@@H](C)NC(=O)C1CCCCC1)C(=O)N1CCC[C@H]1C(=O)[O-].C[C@H](CSC(=O)[C@@H](C)NC(=O)C1CCCCC1)C(=O)N1CCC[C@H]1C(=O)[O-].[Ca+2]. The fourth-order valence-electron chi connectivity index (χ4n) is 7.43. The van der Waals surface area contributed by atoms with Gasteiger partial charge in [-0.2, -0.15) is 0 Å². The van der Waals surface area contributed by atoms with Crippen molar-refractivity contribution in [1.82, 2.24) is 20.4 Å². The monoisotopic (exact) mass is 834 g/mol. The summed E-state index contributed by atoms with van der Waals surface area (Å²) in [5, 5.41) is 27.5. The molecule has 2 saturated carbocycles. The maximum absolute atomic E-state index is 12.5. The van der Waals surface area contributed by atoms with Crippen molar-refractivity contribution in [3.63, 3.8) is 0 Å². The molecule has 0 aromatic rings. The second-order valence-electron chi connectivity index (χ2n) is 15.2. The zero-order valence-corrected chi connectivity index (χ0v) is 36.7. The largest absolute Gasteiger partial charge is 2.00 e. The van der Waals surface area contributed by atoms with Crippen LogP contribution in [-0.2, 0) is 38.4 Å². The van der Waals surface area contributed by atoms with Crippen molar-refractivity contribution in [3.8, 4) is 0 Å². The van der Waals surface area contributed by atoms with Gasteiger partial charge in [-0.1, -0.05) is 75.9 Å². The molecular weight excluding hydrogens is 777 g/mol. The summed E-state index contributed by atoms with van der Waals surface area (Å²) in [5.41, 5.74) is 0. The summed E-state index contributed by atoms with van der Waals surface area (Å²) in [6.45, 7) is 7.53. The average Bonchev–Trinajstić information content (AvgIpc) is 3.87. The number of carbonyl (C=O) groups excluding carboxylic acids is 8. The zero-order valence-electron chi connectivity index (χ0n) is 32.8. The summed E-state index contributed by atoms with van der Waals surface area (Å²) in [6.07, 6.45) is 12.2. The molecule has 55 heavy (non-hydrogen) atoms. The number of aliphatic carboxylic acids is 2. The van der Waals surface area contributed by atoms with E-state index >= 15 is 0 Å². The van der Waals surface area contributed by atoms with Crippen LogP contribution in [0.1, 0.15) is 118 Å². The van der Waals surface area contributed by atoms with Crippen LogP contribution in [0.2, 0.25) is 0 Å². The molecule has 14 nitrogen and oxygen atoms in total. The van der Waals surface area contributed by atoms with E-state index in [-0.39, 0.29) is 94.9 Å². The van der Waals surface area contributed by atoms with Crippen LogP contribution in [-0.4, -0.2) is 142 Å². The van der Waals surface area contributed by atoms with Crippen LogP contribution in [0.25, 0.3) is 0 Å². The number of carboxylic acids is 2. The van der Waals surface area contributed by atoms with Crippen LogP contribution in [0.15, 0.2) is 0 Å². The third-order valence-corrected chi connectivity index (χ3v) is 13.4. The number of nitrogens with one attached hydrogen (secondary N) is 2. The van der Waals surface area contributed by atoms with Crippen molar-refractivity contribution >= 4 is 107 Å². The number of amides is 4. The van der Waals surface area contributed by atoms with E-state index in [2.05, 4.69) is 10.6 Å². The molecule has 0 bridgehead atoms. The van der Waals surface area contributed by atoms with Gasteiger partial charge >= 0.3 is 37.7 Å². The Labute approximate surface area is 363 Å². The molecule has 4 aliphatic rings. The van der Waals surface area contributed by atoms with E-state index in [1.54, 1.807) is 27.7 Å². The van der Waals surface area contributed by atoms with Crippen molar-refractivity contribution in [3.05, 3.63) is 0 Å². The Balaban J connectivity index is 0.000000373. The molecule has 2 aliphatic carbocycles.